The van der Waals surface area contributed by atoms with Crippen LogP contribution in [0.4, 0.5) is 5.69 Å². The predicted octanol–water partition coefficient (Wildman–Crippen LogP) is 5.18. The first-order valence-corrected chi connectivity index (χ1v) is 7.97. The van der Waals surface area contributed by atoms with E-state index in [1.807, 2.05) is 0 Å². The number of thioether (sulfide) groups is 1. The molecule has 0 atom stereocenters. The first-order chi connectivity index (χ1) is 8.36. The van der Waals surface area contributed by atoms with Gasteiger partial charge in [0.1, 0.15) is 0 Å². The van der Waals surface area contributed by atoms with Crippen molar-refractivity contribution in [2.45, 2.75) is 50.3 Å². The highest BCUT2D eigenvalue weighted by Gasteiger charge is 1.94. The molecule has 0 saturated heterocycles. The molecule has 1 aromatic rings. The molecule has 0 saturated carbocycles. The molecule has 0 amide bonds. The van der Waals surface area contributed by atoms with Gasteiger partial charge in [0.05, 0.1) is 0 Å². The first-order valence-electron chi connectivity index (χ1n) is 6.74. The molecule has 17 heavy (non-hydrogen) atoms. The summed E-state index contributed by atoms with van der Waals surface area (Å²) in [6, 6.07) is 8.65. The van der Waals surface area contributed by atoms with Crippen LogP contribution >= 0.6 is 11.8 Å². The monoisotopic (exact) mass is 251 g/mol. The van der Waals surface area contributed by atoms with Crippen LogP contribution in [0.2, 0.25) is 0 Å². The van der Waals surface area contributed by atoms with Crippen molar-refractivity contribution in [2.24, 2.45) is 0 Å². The largest absolute Gasteiger partial charge is 0.385 e. The van der Waals surface area contributed by atoms with Gasteiger partial charge < -0.3 is 5.32 Å². The van der Waals surface area contributed by atoms with E-state index in [0.717, 1.165) is 6.54 Å². The summed E-state index contributed by atoms with van der Waals surface area (Å²) in [5.41, 5.74) is 1.26. The third-order valence-electron chi connectivity index (χ3n) is 2.93. The van der Waals surface area contributed by atoms with Crippen LogP contribution in [0.15, 0.2) is 29.2 Å². The Kier molecular flexibility index (Phi) is 7.98. The zero-order valence-electron chi connectivity index (χ0n) is 11.2. The second-order valence-corrected chi connectivity index (χ2v) is 5.31. The molecule has 0 radical (unpaired) electrons. The summed E-state index contributed by atoms with van der Waals surface area (Å²) in [4.78, 5) is 1.33. The Balaban J connectivity index is 2.09. The Morgan fingerprint density at radius 1 is 1.06 bits per heavy atom. The SMILES string of the molecule is CCCCCCCCNc1cccc(SC)c1. The Labute approximate surface area is 110 Å². The van der Waals surface area contributed by atoms with Crippen molar-refractivity contribution in [3.63, 3.8) is 0 Å². The van der Waals surface area contributed by atoms with Crippen LogP contribution in [0.3, 0.4) is 0 Å². The molecule has 1 nitrogen and oxygen atoms in total. The lowest BCUT2D eigenvalue weighted by molar-refractivity contribution is 0.617. The van der Waals surface area contributed by atoms with E-state index >= 15 is 0 Å². The minimum absolute atomic E-state index is 1.10. The number of nitrogens with one attached hydrogen (secondary N) is 1. The van der Waals surface area contributed by atoms with Crippen molar-refractivity contribution < 1.29 is 0 Å². The molecule has 96 valence electrons. The molecule has 0 aromatic heterocycles. The van der Waals surface area contributed by atoms with Gasteiger partial charge in [0, 0.05) is 17.1 Å². The van der Waals surface area contributed by atoms with Gasteiger partial charge in [-0.25, -0.2) is 0 Å². The quantitative estimate of drug-likeness (QED) is 0.479. The lowest BCUT2D eigenvalue weighted by Crippen LogP contribution is -2.01. The van der Waals surface area contributed by atoms with Gasteiger partial charge in [-0.2, -0.15) is 0 Å². The summed E-state index contributed by atoms with van der Waals surface area (Å²) in [6.45, 7) is 3.37. The van der Waals surface area contributed by atoms with Crippen LogP contribution in [0, 0.1) is 0 Å². The number of unbranched alkanes of at least 4 members (excludes halogenated alkanes) is 5. The molecule has 0 aliphatic heterocycles. The number of anilines is 1. The molecule has 1 N–H and O–H groups in total. The number of hydrogen-bond acceptors (Lipinski definition) is 2. The average Bonchev–Trinajstić information content (AvgIpc) is 2.38. The third kappa shape index (κ3) is 6.62. The molecule has 0 fully saturated rings. The van der Waals surface area contributed by atoms with Gasteiger partial charge in [0.25, 0.3) is 0 Å². The molecule has 1 aromatic carbocycles. The van der Waals surface area contributed by atoms with Gasteiger partial charge in [-0.1, -0.05) is 45.1 Å². The minimum atomic E-state index is 1.10. The summed E-state index contributed by atoms with van der Waals surface area (Å²) < 4.78 is 0. The van der Waals surface area contributed by atoms with E-state index in [-0.39, 0.29) is 0 Å². The summed E-state index contributed by atoms with van der Waals surface area (Å²) in [5, 5.41) is 3.50. The highest BCUT2D eigenvalue weighted by atomic mass is 32.2. The normalized spacial score (nSPS) is 10.5. The Morgan fingerprint density at radius 2 is 1.82 bits per heavy atom. The molecule has 2 heteroatoms. The fourth-order valence-electron chi connectivity index (χ4n) is 1.87. The maximum absolute atomic E-state index is 3.50. The summed E-state index contributed by atoms with van der Waals surface area (Å²) in [5.74, 6) is 0. The molecule has 0 aliphatic carbocycles. The molecule has 0 bridgehead atoms. The first kappa shape index (κ1) is 14.4. The van der Waals surface area contributed by atoms with E-state index in [1.54, 1.807) is 11.8 Å². The fraction of sp³-hybridized carbons (Fsp3) is 0.600. The van der Waals surface area contributed by atoms with Crippen LogP contribution in [-0.2, 0) is 0 Å². The Hall–Kier alpha value is -0.630. The zero-order chi connectivity index (χ0) is 12.3. The fourth-order valence-corrected chi connectivity index (χ4v) is 2.33. The zero-order valence-corrected chi connectivity index (χ0v) is 12.0. The van der Waals surface area contributed by atoms with Gasteiger partial charge >= 0.3 is 0 Å². The third-order valence-corrected chi connectivity index (χ3v) is 3.65. The molecule has 1 rings (SSSR count). The van der Waals surface area contributed by atoms with E-state index in [4.69, 9.17) is 0 Å². The molecular formula is C15H25NS. The Bertz CT molecular complexity index is 299. The second-order valence-electron chi connectivity index (χ2n) is 4.43. The molecular weight excluding hydrogens is 226 g/mol. The Morgan fingerprint density at radius 3 is 2.59 bits per heavy atom. The van der Waals surface area contributed by atoms with E-state index in [1.165, 1.54) is 49.1 Å². The van der Waals surface area contributed by atoms with Gasteiger partial charge in [0.15, 0.2) is 0 Å². The second kappa shape index (κ2) is 9.41. The smallest absolute Gasteiger partial charge is 0.0351 e. The van der Waals surface area contributed by atoms with Crippen LogP contribution in [0.1, 0.15) is 45.4 Å². The van der Waals surface area contributed by atoms with Crippen molar-refractivity contribution in [1.29, 1.82) is 0 Å². The number of hydrogen-bond donors (Lipinski definition) is 1. The van der Waals surface area contributed by atoms with E-state index in [9.17, 15) is 0 Å². The summed E-state index contributed by atoms with van der Waals surface area (Å²) in [7, 11) is 0. The van der Waals surface area contributed by atoms with Crippen molar-refractivity contribution in [1.82, 2.24) is 0 Å². The van der Waals surface area contributed by atoms with Crippen LogP contribution in [-0.4, -0.2) is 12.8 Å². The minimum Gasteiger partial charge on any atom is -0.385 e. The maximum Gasteiger partial charge on any atom is 0.0351 e. The lowest BCUT2D eigenvalue weighted by Gasteiger charge is -2.07. The van der Waals surface area contributed by atoms with E-state index < -0.39 is 0 Å². The van der Waals surface area contributed by atoms with Crippen molar-refractivity contribution in [3.05, 3.63) is 24.3 Å². The maximum atomic E-state index is 3.50. The lowest BCUT2D eigenvalue weighted by atomic mass is 10.1. The summed E-state index contributed by atoms with van der Waals surface area (Å²) in [6.07, 6.45) is 10.3. The molecule has 0 unspecified atom stereocenters. The van der Waals surface area contributed by atoms with Crippen molar-refractivity contribution >= 4 is 17.4 Å². The summed E-state index contributed by atoms with van der Waals surface area (Å²) >= 11 is 1.80. The number of benzene rings is 1. The van der Waals surface area contributed by atoms with Gasteiger partial charge in [0.2, 0.25) is 0 Å². The van der Waals surface area contributed by atoms with E-state index in [0.29, 0.717) is 0 Å². The molecule has 0 spiro atoms. The van der Waals surface area contributed by atoms with Crippen LogP contribution < -0.4 is 5.32 Å². The van der Waals surface area contributed by atoms with Crippen LogP contribution in [0.25, 0.3) is 0 Å². The predicted molar refractivity (Wildman–Crippen MR) is 80.1 cm³/mol. The van der Waals surface area contributed by atoms with Crippen LogP contribution in [0.5, 0.6) is 0 Å². The van der Waals surface area contributed by atoms with Gasteiger partial charge in [-0.15, -0.1) is 11.8 Å². The highest BCUT2D eigenvalue weighted by Crippen LogP contribution is 2.18. The van der Waals surface area contributed by atoms with Gasteiger partial charge in [-0.3, -0.25) is 0 Å². The standard InChI is InChI=1S/C15H25NS/c1-3-4-5-6-7-8-12-16-14-10-9-11-15(13-14)17-2/h9-11,13,16H,3-8,12H2,1-2H3. The number of rotatable bonds is 9. The van der Waals surface area contributed by atoms with Crippen molar-refractivity contribution in [2.75, 3.05) is 18.1 Å². The van der Waals surface area contributed by atoms with Gasteiger partial charge in [-0.05, 0) is 30.9 Å². The molecule has 0 heterocycles. The van der Waals surface area contributed by atoms with Crippen molar-refractivity contribution in [3.8, 4) is 0 Å². The topological polar surface area (TPSA) is 12.0 Å². The van der Waals surface area contributed by atoms with E-state index in [2.05, 4.69) is 42.8 Å². The highest BCUT2D eigenvalue weighted by molar-refractivity contribution is 7.98. The molecule has 0 aliphatic rings. The average molecular weight is 251 g/mol.